The Bertz CT molecular complexity index is 939. The van der Waals surface area contributed by atoms with Gasteiger partial charge in [-0.3, -0.25) is 19.6 Å². The molecule has 2 aromatic heterocycles. The summed E-state index contributed by atoms with van der Waals surface area (Å²) in [6.07, 6.45) is 0. The van der Waals surface area contributed by atoms with Crippen molar-refractivity contribution in [1.29, 1.82) is 0 Å². The number of nitrogens with one attached hydrogen (secondary N) is 1. The van der Waals surface area contributed by atoms with Crippen LogP contribution >= 0.6 is 11.3 Å². The Morgan fingerprint density at radius 2 is 2.04 bits per heavy atom. The number of aryl methyl sites for hydroxylation is 3. The van der Waals surface area contributed by atoms with E-state index in [1.54, 1.807) is 16.8 Å². The molecule has 1 aromatic carbocycles. The number of hydrogen-bond donors (Lipinski definition) is 1. The van der Waals surface area contributed by atoms with Gasteiger partial charge < -0.3 is 0 Å². The number of fused-ring (bicyclic) bond motifs is 1. The minimum absolute atomic E-state index is 0.115. The highest BCUT2D eigenvalue weighted by atomic mass is 32.1. The lowest BCUT2D eigenvalue weighted by molar-refractivity contribution is 0.101. The number of nitrogens with zero attached hydrogens (tertiary/aromatic N) is 3. The van der Waals surface area contributed by atoms with Gasteiger partial charge in [-0.2, -0.15) is 5.10 Å². The van der Waals surface area contributed by atoms with Crippen molar-refractivity contribution >= 4 is 33.3 Å². The van der Waals surface area contributed by atoms with Gasteiger partial charge in [-0.25, -0.2) is 4.98 Å². The second-order valence-electron chi connectivity index (χ2n) is 5.13. The molecule has 0 aliphatic carbocycles. The highest BCUT2D eigenvalue weighted by molar-refractivity contribution is 7.15. The lowest BCUT2D eigenvalue weighted by Crippen LogP contribution is -2.27. The summed E-state index contributed by atoms with van der Waals surface area (Å²) in [5.74, 6) is -0.531. The van der Waals surface area contributed by atoms with Crippen LogP contribution in [0.2, 0.25) is 0 Å². The van der Waals surface area contributed by atoms with Crippen LogP contribution in [0.25, 0.3) is 10.9 Å². The SMILES string of the molecule is CCn1nc(C(=O)Nc2nc(C)c(C)s2)c(=O)c2ccccc21. The number of carbonyl (C=O) groups is 1. The van der Waals surface area contributed by atoms with Crippen molar-refractivity contribution in [1.82, 2.24) is 14.8 Å². The van der Waals surface area contributed by atoms with Gasteiger partial charge in [-0.1, -0.05) is 12.1 Å². The molecule has 1 N–H and O–H groups in total. The zero-order valence-corrected chi connectivity index (χ0v) is 13.9. The summed E-state index contributed by atoms with van der Waals surface area (Å²) in [6, 6.07) is 7.15. The second-order valence-corrected chi connectivity index (χ2v) is 6.33. The lowest BCUT2D eigenvalue weighted by atomic mass is 10.2. The van der Waals surface area contributed by atoms with E-state index in [0.717, 1.165) is 16.1 Å². The largest absolute Gasteiger partial charge is 0.296 e. The van der Waals surface area contributed by atoms with Crippen molar-refractivity contribution in [3.8, 4) is 0 Å². The number of carbonyl (C=O) groups excluding carboxylic acids is 1. The van der Waals surface area contributed by atoms with E-state index < -0.39 is 5.91 Å². The molecule has 0 saturated carbocycles. The molecular formula is C16H16N4O2S. The maximum Gasteiger partial charge on any atom is 0.281 e. The average molecular weight is 328 g/mol. The number of aromatic nitrogens is 3. The summed E-state index contributed by atoms with van der Waals surface area (Å²) in [7, 11) is 0. The van der Waals surface area contributed by atoms with Crippen LogP contribution in [-0.2, 0) is 6.54 Å². The van der Waals surface area contributed by atoms with E-state index in [0.29, 0.717) is 17.1 Å². The normalized spacial score (nSPS) is 10.9. The molecule has 0 fully saturated rings. The fourth-order valence-corrected chi connectivity index (χ4v) is 3.12. The minimum Gasteiger partial charge on any atom is -0.296 e. The topological polar surface area (TPSA) is 76.9 Å². The van der Waals surface area contributed by atoms with Gasteiger partial charge in [0.2, 0.25) is 5.43 Å². The quantitative estimate of drug-likeness (QED) is 0.802. The van der Waals surface area contributed by atoms with E-state index in [-0.39, 0.29) is 11.1 Å². The standard InChI is InChI=1S/C16H16N4O2S/c1-4-20-12-8-6-5-7-11(12)14(21)13(19-20)15(22)18-16-17-9(2)10(3)23-16/h5-8H,4H2,1-3H3,(H,17,18,22). The van der Waals surface area contributed by atoms with E-state index in [2.05, 4.69) is 15.4 Å². The van der Waals surface area contributed by atoms with Crippen molar-refractivity contribution < 1.29 is 4.79 Å². The third kappa shape index (κ3) is 2.75. The molecule has 3 rings (SSSR count). The van der Waals surface area contributed by atoms with Gasteiger partial charge in [0.1, 0.15) is 0 Å². The molecule has 0 spiro atoms. The number of para-hydroxylation sites is 1. The van der Waals surface area contributed by atoms with Crippen molar-refractivity contribution in [2.45, 2.75) is 27.3 Å². The van der Waals surface area contributed by atoms with Crippen LogP contribution in [0.3, 0.4) is 0 Å². The van der Waals surface area contributed by atoms with Crippen LogP contribution < -0.4 is 10.7 Å². The highest BCUT2D eigenvalue weighted by Gasteiger charge is 2.18. The Morgan fingerprint density at radius 3 is 2.70 bits per heavy atom. The predicted octanol–water partition coefficient (Wildman–Crippen LogP) is 2.74. The summed E-state index contributed by atoms with van der Waals surface area (Å²) in [5, 5.41) is 7.84. The molecule has 1 amide bonds. The van der Waals surface area contributed by atoms with Gasteiger partial charge in [-0.15, -0.1) is 11.3 Å². The average Bonchev–Trinajstić information content (AvgIpc) is 2.85. The van der Waals surface area contributed by atoms with E-state index in [4.69, 9.17) is 0 Å². The minimum atomic E-state index is -0.531. The third-order valence-corrected chi connectivity index (χ3v) is 4.61. The monoisotopic (exact) mass is 328 g/mol. The van der Waals surface area contributed by atoms with Crippen LogP contribution in [0.5, 0.6) is 0 Å². The Balaban J connectivity index is 2.06. The van der Waals surface area contributed by atoms with E-state index in [1.807, 2.05) is 32.9 Å². The van der Waals surface area contributed by atoms with Crippen molar-refractivity contribution in [2.24, 2.45) is 0 Å². The van der Waals surface area contributed by atoms with Crippen molar-refractivity contribution in [3.63, 3.8) is 0 Å². The molecule has 0 aliphatic rings. The molecule has 0 atom stereocenters. The third-order valence-electron chi connectivity index (χ3n) is 3.63. The molecule has 118 valence electrons. The molecule has 3 aromatic rings. The Morgan fingerprint density at radius 1 is 1.30 bits per heavy atom. The first kappa shape index (κ1) is 15.4. The number of benzene rings is 1. The summed E-state index contributed by atoms with van der Waals surface area (Å²) in [5.41, 5.74) is 1.10. The van der Waals surface area contributed by atoms with Crippen molar-refractivity contribution in [2.75, 3.05) is 5.32 Å². The van der Waals surface area contributed by atoms with Gasteiger partial charge in [-0.05, 0) is 32.9 Å². The van der Waals surface area contributed by atoms with Crippen molar-refractivity contribution in [3.05, 3.63) is 50.8 Å². The molecule has 0 radical (unpaired) electrons. The van der Waals surface area contributed by atoms with E-state index >= 15 is 0 Å². The fourth-order valence-electron chi connectivity index (χ4n) is 2.31. The molecule has 6 nitrogen and oxygen atoms in total. The lowest BCUT2D eigenvalue weighted by Gasteiger charge is -2.09. The van der Waals surface area contributed by atoms with Gasteiger partial charge in [0.15, 0.2) is 10.8 Å². The summed E-state index contributed by atoms with van der Waals surface area (Å²) < 4.78 is 1.66. The number of hydrogen-bond acceptors (Lipinski definition) is 5. The second kappa shape index (κ2) is 5.92. The first-order valence-corrected chi connectivity index (χ1v) is 8.08. The molecule has 0 unspecified atom stereocenters. The first-order chi connectivity index (χ1) is 11.0. The molecule has 23 heavy (non-hydrogen) atoms. The molecule has 0 aliphatic heterocycles. The van der Waals surface area contributed by atoms with Gasteiger partial charge in [0.25, 0.3) is 5.91 Å². The maximum atomic E-state index is 12.5. The van der Waals surface area contributed by atoms with Gasteiger partial charge in [0.05, 0.1) is 11.2 Å². The number of rotatable bonds is 3. The summed E-state index contributed by atoms with van der Waals surface area (Å²) in [4.78, 5) is 30.3. The maximum absolute atomic E-state index is 12.5. The summed E-state index contributed by atoms with van der Waals surface area (Å²) in [6.45, 7) is 6.29. The number of anilines is 1. The van der Waals surface area contributed by atoms with Crippen LogP contribution in [0.4, 0.5) is 5.13 Å². The predicted molar refractivity (Wildman–Crippen MR) is 91.2 cm³/mol. The van der Waals surface area contributed by atoms with Crippen LogP contribution in [-0.4, -0.2) is 20.7 Å². The Labute approximate surface area is 136 Å². The molecule has 2 heterocycles. The summed E-state index contributed by atoms with van der Waals surface area (Å²) >= 11 is 1.38. The van der Waals surface area contributed by atoms with Crippen LogP contribution in [0, 0.1) is 13.8 Å². The van der Waals surface area contributed by atoms with E-state index in [9.17, 15) is 9.59 Å². The number of amides is 1. The van der Waals surface area contributed by atoms with Crippen LogP contribution in [0.15, 0.2) is 29.1 Å². The van der Waals surface area contributed by atoms with Gasteiger partial charge in [0, 0.05) is 16.8 Å². The Kier molecular flexibility index (Phi) is 3.96. The van der Waals surface area contributed by atoms with E-state index in [1.165, 1.54) is 11.3 Å². The molecule has 7 heteroatoms. The number of thiazole rings is 1. The zero-order chi connectivity index (χ0) is 16.6. The molecule has 0 saturated heterocycles. The van der Waals surface area contributed by atoms with Gasteiger partial charge >= 0.3 is 0 Å². The first-order valence-electron chi connectivity index (χ1n) is 7.26. The zero-order valence-electron chi connectivity index (χ0n) is 13.1. The highest BCUT2D eigenvalue weighted by Crippen LogP contribution is 2.21. The molecular weight excluding hydrogens is 312 g/mol. The smallest absolute Gasteiger partial charge is 0.281 e. The fraction of sp³-hybridized carbons (Fsp3) is 0.250. The van der Waals surface area contributed by atoms with Crippen LogP contribution in [0.1, 0.15) is 28.0 Å². The Hall–Kier alpha value is -2.54. The molecule has 0 bridgehead atoms.